The van der Waals surface area contributed by atoms with Crippen LogP contribution in [0.3, 0.4) is 0 Å². The van der Waals surface area contributed by atoms with Crippen molar-refractivity contribution >= 4 is 5.78 Å². The predicted octanol–water partition coefficient (Wildman–Crippen LogP) is 5.32. The maximum atomic E-state index is 11.9. The number of Topliss-reactive ketones (excluding diaryl/α,β-unsaturated/α-hetero) is 1. The smallest absolute Gasteiger partial charge is 0.166 e. The zero-order valence-corrected chi connectivity index (χ0v) is 13.4. The number of benzene rings is 2. The summed E-state index contributed by atoms with van der Waals surface area (Å²) in [4.78, 5) is 11.9. The number of phenols is 1. The Hall–Kier alpha value is -2.35. The summed E-state index contributed by atoms with van der Waals surface area (Å²) < 4.78 is 0. The first-order valence-corrected chi connectivity index (χ1v) is 8.27. The summed E-state index contributed by atoms with van der Waals surface area (Å²) in [5.74, 6) is 0.180. The molecule has 0 atom stereocenters. The van der Waals surface area contributed by atoms with E-state index in [9.17, 15) is 9.90 Å². The number of rotatable bonds is 9. The van der Waals surface area contributed by atoms with Gasteiger partial charge in [0, 0.05) is 12.0 Å². The summed E-state index contributed by atoms with van der Waals surface area (Å²) in [7, 11) is 0. The fourth-order valence-corrected chi connectivity index (χ4v) is 2.52. The normalized spacial score (nSPS) is 11.0. The Morgan fingerprint density at radius 2 is 1.74 bits per heavy atom. The Morgan fingerprint density at radius 1 is 0.913 bits per heavy atom. The highest BCUT2D eigenvalue weighted by atomic mass is 16.3. The van der Waals surface area contributed by atoms with Crippen molar-refractivity contribution in [3.8, 4) is 5.75 Å². The molecule has 0 radical (unpaired) electrons. The van der Waals surface area contributed by atoms with Crippen molar-refractivity contribution in [3.05, 3.63) is 77.9 Å². The maximum Gasteiger partial charge on any atom is 0.166 e. The Bertz CT molecular complexity index is 629. The van der Waals surface area contributed by atoms with Gasteiger partial charge in [0.05, 0.1) is 0 Å². The molecule has 0 spiro atoms. The topological polar surface area (TPSA) is 37.3 Å². The SMILES string of the molecule is O=C(C/C=C/CCCCCc1ccccc1)c1cccc(O)c1. The lowest BCUT2D eigenvalue weighted by Crippen LogP contribution is -1.96. The third-order valence-corrected chi connectivity index (χ3v) is 3.82. The molecule has 0 fully saturated rings. The summed E-state index contributed by atoms with van der Waals surface area (Å²) in [6.07, 6.45) is 10.1. The molecule has 2 aromatic rings. The van der Waals surface area contributed by atoms with Gasteiger partial charge >= 0.3 is 0 Å². The molecule has 0 heterocycles. The molecule has 0 unspecified atom stereocenters. The molecule has 2 aromatic carbocycles. The monoisotopic (exact) mass is 308 g/mol. The molecule has 0 aliphatic rings. The van der Waals surface area contributed by atoms with Crippen LogP contribution < -0.4 is 0 Å². The minimum Gasteiger partial charge on any atom is -0.508 e. The van der Waals surface area contributed by atoms with E-state index in [1.54, 1.807) is 18.2 Å². The van der Waals surface area contributed by atoms with Crippen molar-refractivity contribution in [2.45, 2.75) is 38.5 Å². The third-order valence-electron chi connectivity index (χ3n) is 3.82. The fraction of sp³-hybridized carbons (Fsp3) is 0.286. The number of hydrogen-bond acceptors (Lipinski definition) is 2. The van der Waals surface area contributed by atoms with Gasteiger partial charge in [0.2, 0.25) is 0 Å². The average Bonchev–Trinajstić information content (AvgIpc) is 2.58. The molecule has 0 bridgehead atoms. The Labute approximate surface area is 138 Å². The minimum absolute atomic E-state index is 0.0428. The van der Waals surface area contributed by atoms with Crippen LogP contribution in [0.2, 0.25) is 0 Å². The van der Waals surface area contributed by atoms with Crippen molar-refractivity contribution in [2.75, 3.05) is 0 Å². The first kappa shape index (κ1) is 17.0. The highest BCUT2D eigenvalue weighted by molar-refractivity contribution is 5.97. The van der Waals surface area contributed by atoms with Crippen LogP contribution in [0.5, 0.6) is 5.75 Å². The Kier molecular flexibility index (Phi) is 7.12. The van der Waals surface area contributed by atoms with Crippen molar-refractivity contribution in [2.24, 2.45) is 0 Å². The number of unbranched alkanes of at least 4 members (excludes halogenated alkanes) is 3. The van der Waals surface area contributed by atoms with Crippen LogP contribution in [0.4, 0.5) is 0 Å². The zero-order valence-electron chi connectivity index (χ0n) is 13.4. The predicted molar refractivity (Wildman–Crippen MR) is 94.8 cm³/mol. The third kappa shape index (κ3) is 6.52. The Balaban J connectivity index is 1.57. The molecule has 2 rings (SSSR count). The van der Waals surface area contributed by atoms with Gasteiger partial charge < -0.3 is 5.11 Å². The molecule has 0 saturated heterocycles. The van der Waals surface area contributed by atoms with Crippen LogP contribution in [0.15, 0.2) is 66.7 Å². The molecule has 120 valence electrons. The largest absolute Gasteiger partial charge is 0.508 e. The van der Waals surface area contributed by atoms with Crippen LogP contribution in [0.1, 0.15) is 48.0 Å². The van der Waals surface area contributed by atoms with Gasteiger partial charge in [0.1, 0.15) is 5.75 Å². The zero-order chi connectivity index (χ0) is 16.3. The summed E-state index contributed by atoms with van der Waals surface area (Å²) in [6.45, 7) is 0. The first-order chi connectivity index (χ1) is 11.3. The number of ketones is 1. The number of allylic oxidation sites excluding steroid dienone is 2. The van der Waals surface area contributed by atoms with Crippen LogP contribution in [-0.2, 0) is 6.42 Å². The van der Waals surface area contributed by atoms with E-state index in [0.717, 1.165) is 19.3 Å². The number of aryl methyl sites for hydroxylation is 1. The van der Waals surface area contributed by atoms with Crippen LogP contribution in [0.25, 0.3) is 0 Å². The molecule has 0 amide bonds. The minimum atomic E-state index is 0.0428. The second-order valence-corrected chi connectivity index (χ2v) is 5.73. The van der Waals surface area contributed by atoms with E-state index in [1.807, 2.05) is 12.1 Å². The maximum absolute atomic E-state index is 11.9. The second-order valence-electron chi connectivity index (χ2n) is 5.73. The molecule has 0 aromatic heterocycles. The molecule has 2 nitrogen and oxygen atoms in total. The van der Waals surface area contributed by atoms with Crippen LogP contribution >= 0.6 is 0 Å². The van der Waals surface area contributed by atoms with Gasteiger partial charge in [-0.25, -0.2) is 0 Å². The van der Waals surface area contributed by atoms with Crippen molar-refractivity contribution < 1.29 is 9.90 Å². The highest BCUT2D eigenvalue weighted by Gasteiger charge is 2.03. The van der Waals surface area contributed by atoms with E-state index in [4.69, 9.17) is 0 Å². The number of carbonyl (C=O) groups is 1. The number of phenolic OH excluding ortho intramolecular Hbond substituents is 1. The molecule has 1 N–H and O–H groups in total. The summed E-state index contributed by atoms with van der Waals surface area (Å²) in [6, 6.07) is 17.1. The van der Waals surface area contributed by atoms with Crippen molar-refractivity contribution in [1.82, 2.24) is 0 Å². The quantitative estimate of drug-likeness (QED) is 0.386. The molecular weight excluding hydrogens is 284 g/mol. The van der Waals surface area contributed by atoms with Crippen LogP contribution in [0, 0.1) is 0 Å². The number of aromatic hydroxyl groups is 1. The average molecular weight is 308 g/mol. The molecule has 23 heavy (non-hydrogen) atoms. The van der Waals surface area contributed by atoms with E-state index >= 15 is 0 Å². The van der Waals surface area contributed by atoms with Gasteiger partial charge in [0.25, 0.3) is 0 Å². The van der Waals surface area contributed by atoms with Crippen molar-refractivity contribution in [1.29, 1.82) is 0 Å². The van der Waals surface area contributed by atoms with Crippen molar-refractivity contribution in [3.63, 3.8) is 0 Å². The van der Waals surface area contributed by atoms with E-state index in [-0.39, 0.29) is 11.5 Å². The summed E-state index contributed by atoms with van der Waals surface area (Å²) in [5, 5.41) is 9.37. The molecular formula is C21H24O2. The van der Waals surface area contributed by atoms with Gasteiger partial charge in [-0.15, -0.1) is 0 Å². The Morgan fingerprint density at radius 3 is 2.52 bits per heavy atom. The summed E-state index contributed by atoms with van der Waals surface area (Å²) >= 11 is 0. The van der Waals surface area contributed by atoms with Gasteiger partial charge in [-0.1, -0.05) is 61.0 Å². The molecule has 0 aliphatic heterocycles. The molecule has 0 saturated carbocycles. The van der Waals surface area contributed by atoms with Gasteiger partial charge in [0.15, 0.2) is 5.78 Å². The standard InChI is InChI=1S/C21H24O2/c22-20-15-10-14-19(17-20)21(23)16-9-4-2-1-3-6-11-18-12-7-5-8-13-18/h4-5,7-10,12-15,17,22H,1-3,6,11,16H2/b9-4+. The van der Waals surface area contributed by atoms with E-state index in [1.165, 1.54) is 24.5 Å². The lowest BCUT2D eigenvalue weighted by molar-refractivity contribution is 0.0995. The van der Waals surface area contributed by atoms with E-state index in [2.05, 4.69) is 30.3 Å². The lowest BCUT2D eigenvalue weighted by atomic mass is 10.1. The van der Waals surface area contributed by atoms with Gasteiger partial charge in [-0.3, -0.25) is 4.79 Å². The number of carbonyl (C=O) groups excluding carboxylic acids is 1. The highest BCUT2D eigenvalue weighted by Crippen LogP contribution is 2.13. The first-order valence-electron chi connectivity index (χ1n) is 8.27. The molecule has 0 aliphatic carbocycles. The van der Waals surface area contributed by atoms with E-state index < -0.39 is 0 Å². The van der Waals surface area contributed by atoms with E-state index in [0.29, 0.717) is 12.0 Å². The van der Waals surface area contributed by atoms with Gasteiger partial charge in [-0.05, 0) is 43.4 Å². The lowest BCUT2D eigenvalue weighted by Gasteiger charge is -2.00. The van der Waals surface area contributed by atoms with Gasteiger partial charge in [-0.2, -0.15) is 0 Å². The summed E-state index contributed by atoms with van der Waals surface area (Å²) in [5.41, 5.74) is 1.97. The fourth-order valence-electron chi connectivity index (χ4n) is 2.52. The molecule has 2 heteroatoms. The second kappa shape index (κ2) is 9.62. The number of hydrogen-bond donors (Lipinski definition) is 1. The van der Waals surface area contributed by atoms with Crippen LogP contribution in [-0.4, -0.2) is 10.9 Å².